The van der Waals surface area contributed by atoms with Crippen LogP contribution < -0.4 is 5.32 Å². The summed E-state index contributed by atoms with van der Waals surface area (Å²) in [6.45, 7) is 1.81. The molecule has 0 amide bonds. The second-order valence-corrected chi connectivity index (χ2v) is 4.37. The highest BCUT2D eigenvalue weighted by atomic mass is 19.4. The van der Waals surface area contributed by atoms with E-state index in [9.17, 15) is 13.2 Å². The molecule has 0 saturated heterocycles. The summed E-state index contributed by atoms with van der Waals surface area (Å²) < 4.78 is 39.9. The van der Waals surface area contributed by atoms with E-state index in [2.05, 4.69) is 5.32 Å². The van der Waals surface area contributed by atoms with Crippen LogP contribution in [0.2, 0.25) is 0 Å². The highest BCUT2D eigenvalue weighted by Gasteiger charge is 2.57. The molecule has 5 heteroatoms. The molecule has 1 atom stereocenters. The molecule has 1 aromatic carbocycles. The average Bonchev–Trinajstić information content (AvgIpc) is 2.75. The van der Waals surface area contributed by atoms with Crippen LogP contribution in [-0.4, -0.2) is 6.18 Å². The Kier molecular flexibility index (Phi) is 2.81. The minimum Gasteiger partial charge on any atom is -0.373 e. The quantitative estimate of drug-likeness (QED) is 0.833. The molecular formula is C13H11F3N2. The Balaban J connectivity index is 2.47. The Bertz CT molecular complexity index is 523. The molecule has 1 N–H and O–H groups in total. The van der Waals surface area contributed by atoms with Crippen LogP contribution in [0.5, 0.6) is 0 Å². The van der Waals surface area contributed by atoms with Gasteiger partial charge in [0.25, 0.3) is 0 Å². The molecule has 2 nitrogen and oxygen atoms in total. The Morgan fingerprint density at radius 1 is 1.28 bits per heavy atom. The van der Waals surface area contributed by atoms with Crippen LogP contribution in [0.1, 0.15) is 17.5 Å². The largest absolute Gasteiger partial charge is 0.416 e. The van der Waals surface area contributed by atoms with Crippen molar-refractivity contribution in [2.75, 3.05) is 0 Å². The van der Waals surface area contributed by atoms with Crippen LogP contribution >= 0.6 is 0 Å². The summed E-state index contributed by atoms with van der Waals surface area (Å²) >= 11 is 0. The number of aryl methyl sites for hydroxylation is 1. The summed E-state index contributed by atoms with van der Waals surface area (Å²) in [4.78, 5) is 0. The van der Waals surface area contributed by atoms with E-state index in [4.69, 9.17) is 5.26 Å². The monoisotopic (exact) mass is 252 g/mol. The van der Waals surface area contributed by atoms with Crippen molar-refractivity contribution >= 4 is 0 Å². The lowest BCUT2D eigenvalue weighted by Crippen LogP contribution is -2.49. The number of nitrogens with one attached hydrogen (secondary N) is 1. The molecule has 0 aliphatic carbocycles. The van der Waals surface area contributed by atoms with Gasteiger partial charge in [0.15, 0.2) is 5.54 Å². The predicted octanol–water partition coefficient (Wildman–Crippen LogP) is 3.15. The van der Waals surface area contributed by atoms with Crippen molar-refractivity contribution in [1.29, 1.82) is 5.26 Å². The van der Waals surface area contributed by atoms with Gasteiger partial charge in [0.1, 0.15) is 0 Å². The summed E-state index contributed by atoms with van der Waals surface area (Å²) in [5.74, 6) is 0. The third-order valence-corrected chi connectivity index (χ3v) is 3.12. The van der Waals surface area contributed by atoms with Gasteiger partial charge in [0, 0.05) is 18.2 Å². The number of benzene rings is 1. The second-order valence-electron chi connectivity index (χ2n) is 4.37. The second kappa shape index (κ2) is 4.05. The number of alkyl halides is 3. The third kappa shape index (κ3) is 1.84. The van der Waals surface area contributed by atoms with Crippen LogP contribution in [0.25, 0.3) is 0 Å². The maximum Gasteiger partial charge on any atom is 0.416 e. The molecule has 1 heterocycles. The molecule has 0 aromatic heterocycles. The summed E-state index contributed by atoms with van der Waals surface area (Å²) in [5.41, 5.74) is -1.05. The van der Waals surface area contributed by atoms with Gasteiger partial charge in [-0.15, -0.1) is 0 Å². The van der Waals surface area contributed by atoms with Crippen LogP contribution in [0.3, 0.4) is 0 Å². The van der Waals surface area contributed by atoms with Crippen molar-refractivity contribution < 1.29 is 13.2 Å². The van der Waals surface area contributed by atoms with Gasteiger partial charge in [-0.25, -0.2) is 0 Å². The summed E-state index contributed by atoms with van der Waals surface area (Å²) in [7, 11) is 0. The van der Waals surface area contributed by atoms with Crippen LogP contribution in [0.15, 0.2) is 36.0 Å². The van der Waals surface area contributed by atoms with Crippen molar-refractivity contribution in [3.8, 4) is 6.07 Å². The van der Waals surface area contributed by atoms with Gasteiger partial charge in [0.2, 0.25) is 0 Å². The first kappa shape index (κ1) is 12.5. The fourth-order valence-corrected chi connectivity index (χ4v) is 2.04. The van der Waals surface area contributed by atoms with Crippen molar-refractivity contribution in [3.05, 3.63) is 47.2 Å². The van der Waals surface area contributed by atoms with E-state index >= 15 is 0 Å². The van der Waals surface area contributed by atoms with E-state index in [0.717, 1.165) is 11.8 Å². The van der Waals surface area contributed by atoms with Crippen molar-refractivity contribution in [3.63, 3.8) is 0 Å². The molecule has 0 radical (unpaired) electrons. The number of rotatable bonds is 1. The zero-order chi connectivity index (χ0) is 13.4. The molecule has 94 valence electrons. The van der Waals surface area contributed by atoms with Gasteiger partial charge in [0.05, 0.1) is 6.07 Å². The lowest BCUT2D eigenvalue weighted by molar-refractivity contribution is -0.194. The van der Waals surface area contributed by atoms with Gasteiger partial charge < -0.3 is 5.32 Å². The van der Waals surface area contributed by atoms with Crippen molar-refractivity contribution in [1.82, 2.24) is 5.32 Å². The average molecular weight is 252 g/mol. The van der Waals surface area contributed by atoms with Gasteiger partial charge >= 0.3 is 6.18 Å². The highest BCUT2D eigenvalue weighted by Crippen LogP contribution is 2.45. The molecule has 1 aromatic rings. The van der Waals surface area contributed by atoms with Gasteiger partial charge in [-0.1, -0.05) is 29.8 Å². The molecule has 0 saturated carbocycles. The first-order valence-electron chi connectivity index (χ1n) is 5.40. The molecule has 1 aliphatic heterocycles. The topological polar surface area (TPSA) is 35.8 Å². The van der Waals surface area contributed by atoms with Gasteiger partial charge in [-0.2, -0.15) is 18.4 Å². The maximum atomic E-state index is 13.3. The van der Waals surface area contributed by atoms with Crippen LogP contribution in [0, 0.1) is 18.3 Å². The first-order valence-corrected chi connectivity index (χ1v) is 5.40. The first-order chi connectivity index (χ1) is 8.39. The smallest absolute Gasteiger partial charge is 0.373 e. The molecule has 0 fully saturated rings. The normalized spacial score (nSPS) is 23.2. The molecule has 0 bridgehead atoms. The molecule has 1 aliphatic rings. The minimum atomic E-state index is -4.46. The number of nitrogens with zero attached hydrogens (tertiary/aromatic N) is 1. The maximum absolute atomic E-state index is 13.3. The van der Waals surface area contributed by atoms with E-state index in [1.165, 1.54) is 12.1 Å². The molecule has 18 heavy (non-hydrogen) atoms. The van der Waals surface area contributed by atoms with E-state index in [-0.39, 0.29) is 17.6 Å². The minimum absolute atomic E-state index is 0.105. The predicted molar refractivity (Wildman–Crippen MR) is 60.4 cm³/mol. The summed E-state index contributed by atoms with van der Waals surface area (Å²) in [6, 6.07) is 7.93. The van der Waals surface area contributed by atoms with Crippen molar-refractivity contribution in [2.24, 2.45) is 0 Å². The van der Waals surface area contributed by atoms with E-state index < -0.39 is 11.7 Å². The molecule has 0 spiro atoms. The highest BCUT2D eigenvalue weighted by molar-refractivity contribution is 5.39. The fraction of sp³-hybridized carbons (Fsp3) is 0.308. The number of halogens is 3. The van der Waals surface area contributed by atoms with E-state index in [0.29, 0.717) is 0 Å². The lowest BCUT2D eigenvalue weighted by atomic mass is 9.85. The molecule has 1 unspecified atom stereocenters. The molecular weight excluding hydrogens is 241 g/mol. The van der Waals surface area contributed by atoms with Gasteiger partial charge in [-0.05, 0) is 12.5 Å². The van der Waals surface area contributed by atoms with Crippen molar-refractivity contribution in [2.45, 2.75) is 25.1 Å². The molecule has 2 rings (SSSR count). The Morgan fingerprint density at radius 2 is 1.89 bits per heavy atom. The summed E-state index contributed by atoms with van der Waals surface area (Å²) in [6.07, 6.45) is -3.68. The zero-order valence-corrected chi connectivity index (χ0v) is 9.67. The summed E-state index contributed by atoms with van der Waals surface area (Å²) in [5, 5.41) is 11.1. The Hall–Kier alpha value is -1.96. The van der Waals surface area contributed by atoms with Crippen LogP contribution in [-0.2, 0) is 5.54 Å². The lowest BCUT2D eigenvalue weighted by Gasteiger charge is -2.33. The van der Waals surface area contributed by atoms with E-state index in [1.807, 2.05) is 6.92 Å². The van der Waals surface area contributed by atoms with Gasteiger partial charge in [-0.3, -0.25) is 0 Å². The van der Waals surface area contributed by atoms with E-state index in [1.54, 1.807) is 18.2 Å². The number of hydrogen-bond donors (Lipinski definition) is 1. The number of nitriles is 1. The Labute approximate surface area is 103 Å². The number of hydrogen-bond acceptors (Lipinski definition) is 2. The fourth-order valence-electron chi connectivity index (χ4n) is 2.04. The third-order valence-electron chi connectivity index (χ3n) is 3.12. The SMILES string of the molecule is Cc1ccc(C2(C(F)(F)F)CC(C#N)=CN2)cc1. The Morgan fingerprint density at radius 3 is 2.33 bits per heavy atom. The zero-order valence-electron chi connectivity index (χ0n) is 9.67. The standard InChI is InChI=1S/C13H11F3N2/c1-9-2-4-11(5-3-9)12(13(14,15)16)6-10(7-17)8-18-12/h2-5,8,18H,6H2,1H3. The van der Waals surface area contributed by atoms with Crippen LogP contribution in [0.4, 0.5) is 13.2 Å².